The van der Waals surface area contributed by atoms with Crippen LogP contribution in [-0.4, -0.2) is 17.5 Å². The Labute approximate surface area is 170 Å². The minimum atomic E-state index is -0.242. The van der Waals surface area contributed by atoms with Crippen molar-refractivity contribution in [3.05, 3.63) is 76.8 Å². The van der Waals surface area contributed by atoms with Crippen LogP contribution in [0, 0.1) is 6.92 Å². The first kappa shape index (κ1) is 18.3. The minimum absolute atomic E-state index is 0.0754. The molecule has 0 unspecified atom stereocenters. The Morgan fingerprint density at radius 1 is 1.11 bits per heavy atom. The zero-order chi connectivity index (χ0) is 19.5. The molecule has 1 N–H and O–H groups in total. The second kappa shape index (κ2) is 7.86. The summed E-state index contributed by atoms with van der Waals surface area (Å²) in [5.41, 5.74) is 4.10. The van der Waals surface area contributed by atoms with Crippen molar-refractivity contribution in [3.63, 3.8) is 0 Å². The van der Waals surface area contributed by atoms with Gasteiger partial charge in [0.1, 0.15) is 11.3 Å². The third-order valence-corrected chi connectivity index (χ3v) is 4.65. The van der Waals surface area contributed by atoms with Crippen LogP contribution in [0.15, 0.2) is 75.6 Å². The zero-order valence-corrected chi connectivity index (χ0v) is 16.7. The lowest BCUT2D eigenvalue weighted by Crippen LogP contribution is -2.20. The number of halogens is 1. The van der Waals surface area contributed by atoms with E-state index in [2.05, 4.69) is 26.2 Å². The van der Waals surface area contributed by atoms with Crippen LogP contribution in [0.4, 0.5) is 5.69 Å². The zero-order valence-electron chi connectivity index (χ0n) is 15.1. The average Bonchev–Trinajstić information content (AvgIpc) is 3.11. The highest BCUT2D eigenvalue weighted by molar-refractivity contribution is 9.10. The SMILES string of the molecule is Cc1ccc2nc(-c3cccc(NC(=O)COc4ccc(Br)cc4)c3)oc2c1. The molecule has 3 aromatic carbocycles. The number of carbonyl (C=O) groups is 1. The lowest BCUT2D eigenvalue weighted by molar-refractivity contribution is -0.118. The maximum Gasteiger partial charge on any atom is 0.262 e. The quantitative estimate of drug-likeness (QED) is 0.443. The highest BCUT2D eigenvalue weighted by Crippen LogP contribution is 2.26. The first-order valence-electron chi connectivity index (χ1n) is 8.73. The normalized spacial score (nSPS) is 10.8. The summed E-state index contributed by atoms with van der Waals surface area (Å²) < 4.78 is 12.3. The summed E-state index contributed by atoms with van der Waals surface area (Å²) in [4.78, 5) is 16.7. The number of carbonyl (C=O) groups excluding carboxylic acids is 1. The van der Waals surface area contributed by atoms with Gasteiger partial charge in [-0.2, -0.15) is 0 Å². The Morgan fingerprint density at radius 2 is 1.93 bits per heavy atom. The largest absolute Gasteiger partial charge is 0.484 e. The van der Waals surface area contributed by atoms with E-state index >= 15 is 0 Å². The summed E-state index contributed by atoms with van der Waals surface area (Å²) in [6, 6.07) is 20.6. The van der Waals surface area contributed by atoms with E-state index in [4.69, 9.17) is 9.15 Å². The van der Waals surface area contributed by atoms with E-state index in [0.717, 1.165) is 26.7 Å². The summed E-state index contributed by atoms with van der Waals surface area (Å²) >= 11 is 3.36. The maximum absolute atomic E-state index is 12.2. The molecular formula is C22H17BrN2O3. The Kier molecular flexibility index (Phi) is 5.12. The van der Waals surface area contributed by atoms with Gasteiger partial charge in [0.15, 0.2) is 12.2 Å². The number of oxazole rings is 1. The van der Waals surface area contributed by atoms with Gasteiger partial charge < -0.3 is 14.5 Å². The monoisotopic (exact) mass is 436 g/mol. The molecule has 1 aromatic heterocycles. The fourth-order valence-corrected chi connectivity index (χ4v) is 3.03. The average molecular weight is 437 g/mol. The van der Waals surface area contributed by atoms with Gasteiger partial charge in [-0.15, -0.1) is 0 Å². The number of nitrogens with zero attached hydrogens (tertiary/aromatic N) is 1. The number of aryl methyl sites for hydroxylation is 1. The van der Waals surface area contributed by atoms with Crippen LogP contribution >= 0.6 is 15.9 Å². The van der Waals surface area contributed by atoms with Crippen LogP contribution in [0.1, 0.15) is 5.56 Å². The second-order valence-corrected chi connectivity index (χ2v) is 7.28. The van der Waals surface area contributed by atoms with Crippen LogP contribution in [0.5, 0.6) is 5.75 Å². The van der Waals surface area contributed by atoms with Crippen LogP contribution in [0.2, 0.25) is 0 Å². The van der Waals surface area contributed by atoms with Gasteiger partial charge in [0.2, 0.25) is 5.89 Å². The molecule has 0 radical (unpaired) electrons. The van der Waals surface area contributed by atoms with E-state index in [-0.39, 0.29) is 12.5 Å². The molecule has 0 bridgehead atoms. The third-order valence-electron chi connectivity index (χ3n) is 4.12. The lowest BCUT2D eigenvalue weighted by atomic mass is 10.2. The number of anilines is 1. The number of aromatic nitrogens is 1. The van der Waals surface area contributed by atoms with Gasteiger partial charge in [0.25, 0.3) is 5.91 Å². The highest BCUT2D eigenvalue weighted by Gasteiger charge is 2.10. The van der Waals surface area contributed by atoms with Gasteiger partial charge in [-0.1, -0.05) is 28.1 Å². The molecule has 4 aromatic rings. The minimum Gasteiger partial charge on any atom is -0.484 e. The predicted octanol–water partition coefficient (Wildman–Crippen LogP) is 5.58. The summed E-state index contributed by atoms with van der Waals surface area (Å²) in [7, 11) is 0. The van der Waals surface area contributed by atoms with Crippen LogP contribution in [-0.2, 0) is 4.79 Å². The molecule has 28 heavy (non-hydrogen) atoms. The first-order valence-corrected chi connectivity index (χ1v) is 9.52. The van der Waals surface area contributed by atoms with Crippen molar-refractivity contribution in [2.45, 2.75) is 6.92 Å². The molecule has 4 rings (SSSR count). The maximum atomic E-state index is 12.2. The summed E-state index contributed by atoms with van der Waals surface area (Å²) in [5, 5.41) is 2.83. The summed E-state index contributed by atoms with van der Waals surface area (Å²) in [6.45, 7) is 1.93. The smallest absolute Gasteiger partial charge is 0.262 e. The molecule has 0 aliphatic heterocycles. The molecular weight excluding hydrogens is 420 g/mol. The molecule has 0 saturated heterocycles. The number of nitrogens with one attached hydrogen (secondary N) is 1. The Balaban J connectivity index is 1.45. The Hall–Kier alpha value is -3.12. The van der Waals surface area contributed by atoms with Crippen molar-refractivity contribution >= 4 is 38.6 Å². The molecule has 5 nitrogen and oxygen atoms in total. The lowest BCUT2D eigenvalue weighted by Gasteiger charge is -2.08. The fraction of sp³-hybridized carbons (Fsp3) is 0.0909. The Bertz CT molecular complexity index is 1140. The van der Waals surface area contributed by atoms with Crippen molar-refractivity contribution in [3.8, 4) is 17.2 Å². The van der Waals surface area contributed by atoms with Crippen LogP contribution in [0.25, 0.3) is 22.6 Å². The number of amides is 1. The van der Waals surface area contributed by atoms with Crippen molar-refractivity contribution in [1.82, 2.24) is 4.98 Å². The van der Waals surface area contributed by atoms with Gasteiger partial charge in [0, 0.05) is 15.7 Å². The molecule has 0 aliphatic carbocycles. The molecule has 1 amide bonds. The van der Waals surface area contributed by atoms with Gasteiger partial charge in [0.05, 0.1) is 0 Å². The van der Waals surface area contributed by atoms with Crippen molar-refractivity contribution in [1.29, 1.82) is 0 Å². The van der Waals surface area contributed by atoms with Crippen molar-refractivity contribution in [2.24, 2.45) is 0 Å². The number of rotatable bonds is 5. The number of hydrogen-bond acceptors (Lipinski definition) is 4. The molecule has 0 spiro atoms. The van der Waals surface area contributed by atoms with E-state index < -0.39 is 0 Å². The molecule has 1 heterocycles. The third kappa shape index (κ3) is 4.23. The van der Waals surface area contributed by atoms with Gasteiger partial charge >= 0.3 is 0 Å². The second-order valence-electron chi connectivity index (χ2n) is 6.36. The van der Waals surface area contributed by atoms with Crippen LogP contribution in [0.3, 0.4) is 0 Å². The van der Waals surface area contributed by atoms with Crippen LogP contribution < -0.4 is 10.1 Å². The van der Waals surface area contributed by atoms with E-state index in [1.54, 1.807) is 12.1 Å². The first-order chi connectivity index (χ1) is 13.6. The number of benzene rings is 3. The molecule has 140 valence electrons. The fourth-order valence-electron chi connectivity index (χ4n) is 2.76. The van der Waals surface area contributed by atoms with Gasteiger partial charge in [-0.25, -0.2) is 4.98 Å². The summed E-state index contributed by atoms with van der Waals surface area (Å²) in [6.07, 6.45) is 0. The predicted molar refractivity (Wildman–Crippen MR) is 112 cm³/mol. The molecule has 6 heteroatoms. The standard InChI is InChI=1S/C22H17BrN2O3/c1-14-5-10-19-20(11-14)28-22(25-19)15-3-2-4-17(12-15)24-21(26)13-27-18-8-6-16(23)7-9-18/h2-12H,13H2,1H3,(H,24,26). The highest BCUT2D eigenvalue weighted by atomic mass is 79.9. The molecule has 0 aliphatic rings. The number of ether oxygens (including phenoxy) is 1. The summed E-state index contributed by atoms with van der Waals surface area (Å²) in [5.74, 6) is 0.907. The van der Waals surface area contributed by atoms with Crippen molar-refractivity contribution in [2.75, 3.05) is 11.9 Å². The molecule has 0 fully saturated rings. The van der Waals surface area contributed by atoms with E-state index in [9.17, 15) is 4.79 Å². The van der Waals surface area contributed by atoms with Crippen molar-refractivity contribution < 1.29 is 13.9 Å². The van der Waals surface area contributed by atoms with Gasteiger partial charge in [-0.3, -0.25) is 4.79 Å². The van der Waals surface area contributed by atoms with E-state index in [0.29, 0.717) is 17.3 Å². The van der Waals surface area contributed by atoms with E-state index in [1.807, 2.05) is 61.5 Å². The topological polar surface area (TPSA) is 64.4 Å². The Morgan fingerprint density at radius 3 is 2.75 bits per heavy atom. The number of fused-ring (bicyclic) bond motifs is 1. The molecule has 0 saturated carbocycles. The molecule has 0 atom stereocenters. The number of hydrogen-bond donors (Lipinski definition) is 1. The van der Waals surface area contributed by atoms with E-state index in [1.165, 1.54) is 0 Å². The van der Waals surface area contributed by atoms with Gasteiger partial charge in [-0.05, 0) is 67.1 Å².